The van der Waals surface area contributed by atoms with E-state index in [1.165, 1.54) is 18.2 Å². The Labute approximate surface area is 93.3 Å². The zero-order chi connectivity index (χ0) is 12.0. The molecule has 0 fully saturated rings. The van der Waals surface area contributed by atoms with Crippen LogP contribution in [0.15, 0.2) is 18.2 Å². The molecule has 0 bridgehead atoms. The number of carbonyl (C=O) groups excluding carboxylic acids is 1. The predicted molar refractivity (Wildman–Crippen MR) is 59.3 cm³/mol. The fourth-order valence-corrected chi connectivity index (χ4v) is 1.08. The number of nitrogens with one attached hydrogen (secondary N) is 1. The highest BCUT2D eigenvalue weighted by Gasteiger charge is 2.03. The Kier molecular flexibility index (Phi) is 4.49. The van der Waals surface area contributed by atoms with E-state index in [9.17, 15) is 9.18 Å². The van der Waals surface area contributed by atoms with Gasteiger partial charge in [-0.15, -0.1) is 0 Å². The molecular weight excluding hydrogens is 209 g/mol. The van der Waals surface area contributed by atoms with E-state index in [0.29, 0.717) is 12.1 Å². The van der Waals surface area contributed by atoms with Crippen molar-refractivity contribution >= 4 is 11.6 Å². The predicted octanol–water partition coefficient (Wildman–Crippen LogP) is 1.52. The van der Waals surface area contributed by atoms with Gasteiger partial charge in [0.15, 0.2) is 0 Å². The van der Waals surface area contributed by atoms with E-state index in [0.717, 1.165) is 0 Å². The van der Waals surface area contributed by atoms with Crippen LogP contribution in [0.25, 0.3) is 0 Å². The Bertz CT molecular complexity index is 446. The number of amides is 1. The van der Waals surface area contributed by atoms with Crippen LogP contribution in [0.1, 0.15) is 18.9 Å². The van der Waals surface area contributed by atoms with Crippen LogP contribution in [-0.2, 0) is 4.79 Å². The van der Waals surface area contributed by atoms with Gasteiger partial charge >= 0.3 is 0 Å². The lowest BCUT2D eigenvalue weighted by atomic mass is 10.2. The number of aliphatic hydroxyl groups excluding tert-OH is 1. The van der Waals surface area contributed by atoms with E-state index in [4.69, 9.17) is 5.11 Å². The summed E-state index contributed by atoms with van der Waals surface area (Å²) in [6, 6.07) is 4.13. The number of anilines is 1. The third-order valence-electron chi connectivity index (χ3n) is 1.87. The summed E-state index contributed by atoms with van der Waals surface area (Å²) in [5.74, 6) is 4.20. The van der Waals surface area contributed by atoms with Crippen molar-refractivity contribution in [3.8, 4) is 11.8 Å². The standard InChI is InChI=1S/C12H12FNO2/c1-2-12(16)14-10-5-6-11(13)9(8-10)4-3-7-15/h5-6,8,15H,2,7H2,1H3,(H,14,16). The van der Waals surface area contributed by atoms with Crippen molar-refractivity contribution < 1.29 is 14.3 Å². The molecule has 1 aromatic rings. The normalized spacial score (nSPS) is 9.19. The summed E-state index contributed by atoms with van der Waals surface area (Å²) in [6.45, 7) is 1.40. The number of carbonyl (C=O) groups is 1. The molecule has 2 N–H and O–H groups in total. The molecule has 1 aromatic carbocycles. The molecule has 0 saturated heterocycles. The lowest BCUT2D eigenvalue weighted by molar-refractivity contribution is -0.115. The molecule has 0 heterocycles. The van der Waals surface area contributed by atoms with Crippen LogP contribution in [0, 0.1) is 17.7 Å². The number of aliphatic hydroxyl groups is 1. The maximum absolute atomic E-state index is 13.2. The minimum Gasteiger partial charge on any atom is -0.384 e. The summed E-state index contributed by atoms with van der Waals surface area (Å²) in [6.07, 6.45) is 0.356. The van der Waals surface area contributed by atoms with Crippen molar-refractivity contribution in [3.05, 3.63) is 29.6 Å². The van der Waals surface area contributed by atoms with Crippen LogP contribution in [0.2, 0.25) is 0 Å². The second-order valence-corrected chi connectivity index (χ2v) is 3.06. The maximum Gasteiger partial charge on any atom is 0.224 e. The average Bonchev–Trinajstić information content (AvgIpc) is 2.29. The van der Waals surface area contributed by atoms with Gasteiger partial charge in [-0.05, 0) is 18.2 Å². The Morgan fingerprint density at radius 3 is 2.94 bits per heavy atom. The summed E-state index contributed by atoms with van der Waals surface area (Å²) in [7, 11) is 0. The first kappa shape index (κ1) is 12.2. The highest BCUT2D eigenvalue weighted by Crippen LogP contribution is 2.14. The van der Waals surface area contributed by atoms with Gasteiger partial charge in [0, 0.05) is 12.1 Å². The van der Waals surface area contributed by atoms with Crippen LogP contribution in [0.5, 0.6) is 0 Å². The van der Waals surface area contributed by atoms with Crippen LogP contribution in [0.4, 0.5) is 10.1 Å². The quantitative estimate of drug-likeness (QED) is 0.744. The molecule has 0 saturated carbocycles. The maximum atomic E-state index is 13.2. The van der Waals surface area contributed by atoms with Crippen LogP contribution < -0.4 is 5.32 Å². The molecule has 0 radical (unpaired) electrons. The van der Waals surface area contributed by atoms with Gasteiger partial charge in [-0.25, -0.2) is 4.39 Å². The molecule has 1 amide bonds. The monoisotopic (exact) mass is 221 g/mol. The largest absolute Gasteiger partial charge is 0.384 e. The van der Waals surface area contributed by atoms with Crippen molar-refractivity contribution in [3.63, 3.8) is 0 Å². The molecule has 4 heteroatoms. The molecule has 0 atom stereocenters. The number of hydrogen-bond acceptors (Lipinski definition) is 2. The van der Waals surface area contributed by atoms with E-state index in [-0.39, 0.29) is 18.1 Å². The zero-order valence-corrected chi connectivity index (χ0v) is 8.88. The average molecular weight is 221 g/mol. The van der Waals surface area contributed by atoms with Gasteiger partial charge in [-0.1, -0.05) is 18.8 Å². The van der Waals surface area contributed by atoms with Gasteiger partial charge in [-0.3, -0.25) is 4.79 Å². The minimum absolute atomic E-state index is 0.146. The second-order valence-electron chi connectivity index (χ2n) is 3.06. The Hall–Kier alpha value is -1.86. The first-order valence-corrected chi connectivity index (χ1v) is 4.86. The molecule has 0 aromatic heterocycles. The highest BCUT2D eigenvalue weighted by molar-refractivity contribution is 5.90. The molecule has 16 heavy (non-hydrogen) atoms. The molecule has 0 aliphatic carbocycles. The third kappa shape index (κ3) is 3.37. The summed E-state index contributed by atoms with van der Waals surface area (Å²) >= 11 is 0. The van der Waals surface area contributed by atoms with Crippen LogP contribution >= 0.6 is 0 Å². The van der Waals surface area contributed by atoms with Gasteiger partial charge in [-0.2, -0.15) is 0 Å². The summed E-state index contributed by atoms with van der Waals surface area (Å²) in [4.78, 5) is 11.1. The van der Waals surface area contributed by atoms with Crippen molar-refractivity contribution in [1.29, 1.82) is 0 Å². The van der Waals surface area contributed by atoms with Crippen LogP contribution in [0.3, 0.4) is 0 Å². The number of hydrogen-bond donors (Lipinski definition) is 2. The van der Waals surface area contributed by atoms with E-state index >= 15 is 0 Å². The van der Waals surface area contributed by atoms with E-state index < -0.39 is 5.82 Å². The molecule has 0 unspecified atom stereocenters. The number of benzene rings is 1. The van der Waals surface area contributed by atoms with Crippen molar-refractivity contribution in [2.75, 3.05) is 11.9 Å². The van der Waals surface area contributed by atoms with Gasteiger partial charge in [0.05, 0.1) is 5.56 Å². The van der Waals surface area contributed by atoms with Gasteiger partial charge < -0.3 is 10.4 Å². The molecule has 0 aliphatic rings. The van der Waals surface area contributed by atoms with E-state index in [1.54, 1.807) is 6.92 Å². The lowest BCUT2D eigenvalue weighted by Crippen LogP contribution is -2.09. The van der Waals surface area contributed by atoms with Gasteiger partial charge in [0.25, 0.3) is 0 Å². The fraction of sp³-hybridized carbons (Fsp3) is 0.250. The summed E-state index contributed by atoms with van der Waals surface area (Å²) in [5.41, 5.74) is 0.651. The summed E-state index contributed by atoms with van der Waals surface area (Å²) < 4.78 is 13.2. The van der Waals surface area contributed by atoms with Gasteiger partial charge in [0.1, 0.15) is 12.4 Å². The van der Waals surface area contributed by atoms with Crippen molar-refractivity contribution in [2.24, 2.45) is 0 Å². The molecule has 0 spiro atoms. The lowest BCUT2D eigenvalue weighted by Gasteiger charge is -2.04. The molecule has 0 aliphatic heterocycles. The number of halogens is 1. The van der Waals surface area contributed by atoms with Crippen LogP contribution in [-0.4, -0.2) is 17.6 Å². The van der Waals surface area contributed by atoms with Crippen molar-refractivity contribution in [2.45, 2.75) is 13.3 Å². The Balaban J connectivity index is 2.93. The van der Waals surface area contributed by atoms with Gasteiger partial charge in [0.2, 0.25) is 5.91 Å². The minimum atomic E-state index is -0.476. The SMILES string of the molecule is CCC(=O)Nc1ccc(F)c(C#CCO)c1. The Morgan fingerprint density at radius 1 is 1.56 bits per heavy atom. The third-order valence-corrected chi connectivity index (χ3v) is 1.87. The molecule has 1 rings (SSSR count). The first-order valence-electron chi connectivity index (χ1n) is 4.86. The highest BCUT2D eigenvalue weighted by atomic mass is 19.1. The molecular formula is C12H12FNO2. The zero-order valence-electron chi connectivity index (χ0n) is 8.88. The molecule has 3 nitrogen and oxygen atoms in total. The number of rotatable bonds is 2. The van der Waals surface area contributed by atoms with Crippen molar-refractivity contribution in [1.82, 2.24) is 0 Å². The second kappa shape index (κ2) is 5.89. The Morgan fingerprint density at radius 2 is 2.31 bits per heavy atom. The summed E-state index contributed by atoms with van der Waals surface area (Å²) in [5, 5.41) is 11.1. The van der Waals surface area contributed by atoms with E-state index in [1.807, 2.05) is 0 Å². The smallest absolute Gasteiger partial charge is 0.224 e. The fourth-order valence-electron chi connectivity index (χ4n) is 1.08. The topological polar surface area (TPSA) is 49.3 Å². The first-order chi connectivity index (χ1) is 7.67. The molecule has 84 valence electrons. The van der Waals surface area contributed by atoms with E-state index in [2.05, 4.69) is 17.2 Å².